The minimum absolute atomic E-state index is 0.225. The van der Waals surface area contributed by atoms with Gasteiger partial charge in [-0.1, -0.05) is 0 Å². The molecule has 16 heavy (non-hydrogen) atoms. The molecular formula is C10H16O6. The maximum Gasteiger partial charge on any atom is 0.310 e. The van der Waals surface area contributed by atoms with Gasteiger partial charge < -0.3 is 15.3 Å². The summed E-state index contributed by atoms with van der Waals surface area (Å²) in [5, 5.41) is 26.6. The van der Waals surface area contributed by atoms with Crippen molar-refractivity contribution < 1.29 is 29.7 Å². The monoisotopic (exact) mass is 232 g/mol. The van der Waals surface area contributed by atoms with Crippen molar-refractivity contribution in [2.45, 2.75) is 33.6 Å². The Morgan fingerprint density at radius 1 is 0.938 bits per heavy atom. The number of carboxylic acid groups (broad SMARTS) is 3. The van der Waals surface area contributed by atoms with E-state index in [1.54, 1.807) is 0 Å². The highest BCUT2D eigenvalue weighted by molar-refractivity contribution is 5.86. The van der Waals surface area contributed by atoms with Gasteiger partial charge in [0.2, 0.25) is 0 Å². The highest BCUT2D eigenvalue weighted by atomic mass is 16.4. The fourth-order valence-corrected chi connectivity index (χ4v) is 1.28. The van der Waals surface area contributed by atoms with Crippen LogP contribution in [0, 0.1) is 10.8 Å². The van der Waals surface area contributed by atoms with E-state index < -0.39 is 28.7 Å². The van der Waals surface area contributed by atoms with Crippen molar-refractivity contribution in [1.82, 2.24) is 0 Å². The van der Waals surface area contributed by atoms with E-state index in [0.717, 1.165) is 0 Å². The summed E-state index contributed by atoms with van der Waals surface area (Å²) in [4.78, 5) is 32.6. The molecule has 1 unspecified atom stereocenters. The average molecular weight is 232 g/mol. The van der Waals surface area contributed by atoms with E-state index in [2.05, 4.69) is 0 Å². The molecule has 1 atom stereocenters. The Kier molecular flexibility index (Phi) is 4.06. The highest BCUT2D eigenvalue weighted by Gasteiger charge is 2.52. The van der Waals surface area contributed by atoms with E-state index in [1.165, 1.54) is 20.8 Å². The standard InChI is InChI=1S/C10H16O6/c1-9(2,7(13)14)10(3,8(15)16)5-4-6(11)12/h4-5H2,1-3H3,(H,11,12)(H,13,14)(H,15,16). The van der Waals surface area contributed by atoms with E-state index in [-0.39, 0.29) is 12.8 Å². The number of carbonyl (C=O) groups is 3. The summed E-state index contributed by atoms with van der Waals surface area (Å²) in [6, 6.07) is 0. The average Bonchev–Trinajstić information content (AvgIpc) is 2.12. The van der Waals surface area contributed by atoms with Crippen LogP contribution in [0.4, 0.5) is 0 Å². The molecule has 6 nitrogen and oxygen atoms in total. The van der Waals surface area contributed by atoms with Crippen LogP contribution in [0.2, 0.25) is 0 Å². The first-order chi connectivity index (χ1) is 7.05. The molecule has 3 N–H and O–H groups in total. The number of aliphatic carboxylic acids is 3. The molecule has 0 aliphatic carbocycles. The van der Waals surface area contributed by atoms with Crippen LogP contribution in [0.25, 0.3) is 0 Å². The first kappa shape index (κ1) is 14.4. The van der Waals surface area contributed by atoms with E-state index >= 15 is 0 Å². The first-order valence-electron chi connectivity index (χ1n) is 4.74. The van der Waals surface area contributed by atoms with Gasteiger partial charge in [-0.25, -0.2) is 0 Å². The third kappa shape index (κ3) is 2.50. The minimum atomic E-state index is -1.61. The van der Waals surface area contributed by atoms with Crippen LogP contribution in [0.5, 0.6) is 0 Å². The second-order valence-corrected chi connectivity index (χ2v) is 4.46. The normalized spacial score (nSPS) is 15.2. The summed E-state index contributed by atoms with van der Waals surface area (Å²) >= 11 is 0. The lowest BCUT2D eigenvalue weighted by atomic mass is 9.64. The van der Waals surface area contributed by atoms with Gasteiger partial charge in [0.05, 0.1) is 10.8 Å². The predicted octanol–water partition coefficient (Wildman–Crippen LogP) is 1.05. The molecule has 0 saturated carbocycles. The van der Waals surface area contributed by atoms with E-state index in [9.17, 15) is 14.4 Å². The maximum atomic E-state index is 11.1. The zero-order chi connectivity index (χ0) is 13.1. The molecule has 92 valence electrons. The van der Waals surface area contributed by atoms with E-state index in [4.69, 9.17) is 15.3 Å². The van der Waals surface area contributed by atoms with E-state index in [0.29, 0.717) is 0 Å². The van der Waals surface area contributed by atoms with Gasteiger partial charge in [0.1, 0.15) is 0 Å². The zero-order valence-corrected chi connectivity index (χ0v) is 9.48. The summed E-state index contributed by atoms with van der Waals surface area (Å²) in [6.45, 7) is 3.82. The molecule has 0 bridgehead atoms. The summed E-state index contributed by atoms with van der Waals surface area (Å²) in [5.41, 5.74) is -3.15. The molecule has 0 aliphatic heterocycles. The summed E-state index contributed by atoms with van der Waals surface area (Å²) in [5.74, 6) is -3.71. The molecule has 0 radical (unpaired) electrons. The van der Waals surface area contributed by atoms with Crippen LogP contribution in [0.15, 0.2) is 0 Å². The minimum Gasteiger partial charge on any atom is -0.481 e. The summed E-state index contributed by atoms with van der Waals surface area (Å²) in [7, 11) is 0. The fraction of sp³-hybridized carbons (Fsp3) is 0.700. The lowest BCUT2D eigenvalue weighted by Gasteiger charge is -2.37. The topological polar surface area (TPSA) is 112 Å². The van der Waals surface area contributed by atoms with Gasteiger partial charge in [-0.15, -0.1) is 0 Å². The number of hydrogen-bond donors (Lipinski definition) is 3. The molecular weight excluding hydrogens is 216 g/mol. The Bertz CT molecular complexity index is 319. The van der Waals surface area contributed by atoms with Gasteiger partial charge in [0, 0.05) is 6.42 Å². The predicted molar refractivity (Wildman–Crippen MR) is 54.0 cm³/mol. The van der Waals surface area contributed by atoms with Crippen LogP contribution >= 0.6 is 0 Å². The largest absolute Gasteiger partial charge is 0.481 e. The first-order valence-corrected chi connectivity index (χ1v) is 4.74. The van der Waals surface area contributed by atoms with Gasteiger partial charge >= 0.3 is 17.9 Å². The van der Waals surface area contributed by atoms with Crippen LogP contribution in [-0.2, 0) is 14.4 Å². The second kappa shape index (κ2) is 4.51. The summed E-state index contributed by atoms with van der Waals surface area (Å²) < 4.78 is 0. The van der Waals surface area contributed by atoms with Crippen molar-refractivity contribution in [3.63, 3.8) is 0 Å². The van der Waals surface area contributed by atoms with Gasteiger partial charge in [0.25, 0.3) is 0 Å². The molecule has 0 aromatic rings. The van der Waals surface area contributed by atoms with Crippen molar-refractivity contribution in [1.29, 1.82) is 0 Å². The van der Waals surface area contributed by atoms with Crippen molar-refractivity contribution in [2.24, 2.45) is 10.8 Å². The lowest BCUT2D eigenvalue weighted by Crippen LogP contribution is -2.47. The molecule has 0 aromatic carbocycles. The smallest absolute Gasteiger partial charge is 0.310 e. The van der Waals surface area contributed by atoms with Crippen LogP contribution in [0.1, 0.15) is 33.6 Å². The molecule has 0 fully saturated rings. The number of carboxylic acids is 3. The Labute approximate surface area is 92.9 Å². The zero-order valence-electron chi connectivity index (χ0n) is 9.48. The Morgan fingerprint density at radius 3 is 1.62 bits per heavy atom. The lowest BCUT2D eigenvalue weighted by molar-refractivity contribution is -0.171. The van der Waals surface area contributed by atoms with Crippen LogP contribution < -0.4 is 0 Å². The van der Waals surface area contributed by atoms with Crippen molar-refractivity contribution in [3.05, 3.63) is 0 Å². The fourth-order valence-electron chi connectivity index (χ4n) is 1.28. The van der Waals surface area contributed by atoms with Crippen LogP contribution in [0.3, 0.4) is 0 Å². The van der Waals surface area contributed by atoms with Gasteiger partial charge in [-0.3, -0.25) is 14.4 Å². The molecule has 0 aliphatic rings. The number of hydrogen-bond acceptors (Lipinski definition) is 3. The molecule has 0 amide bonds. The SMILES string of the molecule is CC(C)(C(=O)O)C(C)(CCC(=O)O)C(=O)O. The molecule has 0 spiro atoms. The van der Waals surface area contributed by atoms with Gasteiger partial charge in [-0.05, 0) is 27.2 Å². The quantitative estimate of drug-likeness (QED) is 0.631. The molecule has 0 heterocycles. The number of rotatable bonds is 6. The third-order valence-corrected chi connectivity index (χ3v) is 3.22. The van der Waals surface area contributed by atoms with Crippen molar-refractivity contribution in [3.8, 4) is 0 Å². The van der Waals surface area contributed by atoms with Crippen molar-refractivity contribution >= 4 is 17.9 Å². The maximum absolute atomic E-state index is 11.1. The van der Waals surface area contributed by atoms with Gasteiger partial charge in [0.15, 0.2) is 0 Å². The molecule has 0 rings (SSSR count). The van der Waals surface area contributed by atoms with Gasteiger partial charge in [-0.2, -0.15) is 0 Å². The van der Waals surface area contributed by atoms with Crippen LogP contribution in [-0.4, -0.2) is 33.2 Å². The third-order valence-electron chi connectivity index (χ3n) is 3.22. The Hall–Kier alpha value is -1.59. The molecule has 0 aromatic heterocycles. The second-order valence-electron chi connectivity index (χ2n) is 4.46. The molecule has 6 heteroatoms. The highest BCUT2D eigenvalue weighted by Crippen LogP contribution is 2.43. The van der Waals surface area contributed by atoms with E-state index in [1.807, 2.05) is 0 Å². The molecule has 0 saturated heterocycles. The summed E-state index contributed by atoms with van der Waals surface area (Å²) in [6.07, 6.45) is -0.601. The Morgan fingerprint density at radius 2 is 1.38 bits per heavy atom. The van der Waals surface area contributed by atoms with Crippen molar-refractivity contribution in [2.75, 3.05) is 0 Å². The Balaban J connectivity index is 5.18.